The van der Waals surface area contributed by atoms with Gasteiger partial charge in [0.25, 0.3) is 0 Å². The summed E-state index contributed by atoms with van der Waals surface area (Å²) in [5.41, 5.74) is 4.45. The number of anilines is 1. The summed E-state index contributed by atoms with van der Waals surface area (Å²) in [5.74, 6) is -0.538. The number of aliphatic hydroxyl groups is 1. The van der Waals surface area contributed by atoms with Crippen LogP contribution in [0.4, 0.5) is 18.9 Å². The molecule has 2 atom stereocenters. The standard InChI is InChI=1S/C14H18F3N3O/c1-8(21)9-4-5-20(7-9)10-2-3-11(13(18)19)12(6-10)14(15,16)17/h2-3,6,8-9,21H,4-5,7H2,1H3,(H3,18,19). The smallest absolute Gasteiger partial charge is 0.393 e. The zero-order chi connectivity index (χ0) is 15.8. The van der Waals surface area contributed by atoms with Gasteiger partial charge in [0.05, 0.1) is 11.7 Å². The Morgan fingerprint density at radius 2 is 2.14 bits per heavy atom. The van der Waals surface area contributed by atoms with E-state index in [4.69, 9.17) is 11.1 Å². The Labute approximate surface area is 120 Å². The number of aliphatic hydroxyl groups excluding tert-OH is 1. The number of rotatable bonds is 3. The predicted octanol–water partition coefficient (Wildman–Crippen LogP) is 2.20. The molecule has 7 heteroatoms. The molecule has 1 heterocycles. The van der Waals surface area contributed by atoms with E-state index >= 15 is 0 Å². The van der Waals surface area contributed by atoms with Crippen LogP contribution in [0.1, 0.15) is 24.5 Å². The Morgan fingerprint density at radius 3 is 2.62 bits per heavy atom. The van der Waals surface area contributed by atoms with Crippen LogP contribution in [-0.2, 0) is 6.18 Å². The Morgan fingerprint density at radius 1 is 1.48 bits per heavy atom. The molecule has 21 heavy (non-hydrogen) atoms. The van der Waals surface area contributed by atoms with Crippen molar-refractivity contribution in [1.82, 2.24) is 0 Å². The molecule has 4 nitrogen and oxygen atoms in total. The molecule has 0 aliphatic carbocycles. The molecule has 0 spiro atoms. The summed E-state index contributed by atoms with van der Waals surface area (Å²) in [4.78, 5) is 1.82. The molecule has 1 fully saturated rings. The molecule has 4 N–H and O–H groups in total. The average Bonchev–Trinajstić information content (AvgIpc) is 2.86. The zero-order valence-electron chi connectivity index (χ0n) is 11.6. The minimum atomic E-state index is -4.56. The average molecular weight is 301 g/mol. The van der Waals surface area contributed by atoms with Crippen molar-refractivity contribution >= 4 is 11.5 Å². The van der Waals surface area contributed by atoms with Crippen LogP contribution in [0, 0.1) is 11.3 Å². The van der Waals surface area contributed by atoms with E-state index in [1.807, 2.05) is 4.90 Å². The van der Waals surface area contributed by atoms with E-state index in [0.29, 0.717) is 18.8 Å². The van der Waals surface area contributed by atoms with Crippen LogP contribution < -0.4 is 10.6 Å². The molecule has 1 aromatic carbocycles. The van der Waals surface area contributed by atoms with Gasteiger partial charge in [0.2, 0.25) is 0 Å². The van der Waals surface area contributed by atoms with Crippen molar-refractivity contribution in [2.45, 2.75) is 25.6 Å². The maximum Gasteiger partial charge on any atom is 0.417 e. The Balaban J connectivity index is 2.33. The first-order valence-corrected chi connectivity index (χ1v) is 6.69. The highest BCUT2D eigenvalue weighted by Crippen LogP contribution is 2.36. The number of amidine groups is 1. The lowest BCUT2D eigenvalue weighted by Gasteiger charge is -2.22. The van der Waals surface area contributed by atoms with Crippen LogP contribution in [0.25, 0.3) is 0 Å². The number of nitrogens with one attached hydrogen (secondary N) is 1. The first-order chi connectivity index (χ1) is 9.70. The number of nitrogens with two attached hydrogens (primary N) is 1. The first kappa shape index (κ1) is 15.6. The fourth-order valence-corrected chi connectivity index (χ4v) is 2.61. The monoisotopic (exact) mass is 301 g/mol. The third-order valence-electron chi connectivity index (χ3n) is 3.87. The Hall–Kier alpha value is -1.76. The quantitative estimate of drug-likeness (QED) is 0.592. The third kappa shape index (κ3) is 3.29. The summed E-state index contributed by atoms with van der Waals surface area (Å²) in [6.07, 6.45) is -4.29. The van der Waals surface area contributed by atoms with Gasteiger partial charge in [0.1, 0.15) is 5.84 Å². The molecule has 1 saturated heterocycles. The summed E-state index contributed by atoms with van der Waals surface area (Å²) < 4.78 is 39.2. The van der Waals surface area contributed by atoms with Crippen LogP contribution in [0.2, 0.25) is 0 Å². The van der Waals surface area contributed by atoms with E-state index in [0.717, 1.165) is 12.5 Å². The van der Waals surface area contributed by atoms with Gasteiger partial charge >= 0.3 is 6.18 Å². The Kier molecular flexibility index (Phi) is 4.13. The Bertz CT molecular complexity index is 543. The minimum absolute atomic E-state index is 0.0619. The summed E-state index contributed by atoms with van der Waals surface area (Å²) in [6.45, 7) is 2.81. The SMILES string of the molecule is CC(O)C1CCN(c2ccc(C(=N)N)c(C(F)(F)F)c2)C1. The van der Waals surface area contributed by atoms with Gasteiger partial charge in [-0.05, 0) is 31.5 Å². The van der Waals surface area contributed by atoms with Crippen LogP contribution in [0.5, 0.6) is 0 Å². The number of halogens is 3. The molecule has 1 aliphatic rings. The van der Waals surface area contributed by atoms with Gasteiger partial charge < -0.3 is 15.7 Å². The highest BCUT2D eigenvalue weighted by atomic mass is 19.4. The maximum atomic E-state index is 13.1. The third-order valence-corrected chi connectivity index (χ3v) is 3.87. The zero-order valence-corrected chi connectivity index (χ0v) is 11.6. The maximum absolute atomic E-state index is 13.1. The molecule has 0 aromatic heterocycles. The number of nitrogen functional groups attached to an aromatic ring is 1. The van der Waals surface area contributed by atoms with Gasteiger partial charge in [-0.15, -0.1) is 0 Å². The van der Waals surface area contributed by atoms with E-state index in [1.54, 1.807) is 6.92 Å². The van der Waals surface area contributed by atoms with Crippen molar-refractivity contribution in [2.75, 3.05) is 18.0 Å². The molecule has 2 unspecified atom stereocenters. The summed E-state index contributed by atoms with van der Waals surface area (Å²) in [5, 5.41) is 16.8. The van der Waals surface area contributed by atoms with E-state index in [2.05, 4.69) is 0 Å². The van der Waals surface area contributed by atoms with E-state index in [1.165, 1.54) is 12.1 Å². The topological polar surface area (TPSA) is 73.3 Å². The van der Waals surface area contributed by atoms with E-state index in [9.17, 15) is 18.3 Å². The van der Waals surface area contributed by atoms with Crippen molar-refractivity contribution in [3.05, 3.63) is 29.3 Å². The molecular weight excluding hydrogens is 283 g/mol. The lowest BCUT2D eigenvalue weighted by molar-refractivity contribution is -0.137. The second kappa shape index (κ2) is 5.55. The molecule has 0 bridgehead atoms. The van der Waals surface area contributed by atoms with Crippen LogP contribution in [0.3, 0.4) is 0 Å². The number of hydrogen-bond donors (Lipinski definition) is 3. The number of nitrogens with zero attached hydrogens (tertiary/aromatic N) is 1. The normalized spacial score (nSPS) is 20.6. The highest BCUT2D eigenvalue weighted by Gasteiger charge is 2.35. The molecule has 1 aromatic rings. The molecular formula is C14H18F3N3O. The second-order valence-corrected chi connectivity index (χ2v) is 5.38. The van der Waals surface area contributed by atoms with E-state index in [-0.39, 0.29) is 11.5 Å². The molecule has 0 amide bonds. The fraction of sp³-hybridized carbons (Fsp3) is 0.500. The van der Waals surface area contributed by atoms with Gasteiger partial charge in [-0.2, -0.15) is 13.2 Å². The van der Waals surface area contributed by atoms with Gasteiger partial charge in [-0.3, -0.25) is 5.41 Å². The first-order valence-electron chi connectivity index (χ1n) is 6.69. The lowest BCUT2D eigenvalue weighted by atomic mass is 10.0. The predicted molar refractivity (Wildman–Crippen MR) is 74.5 cm³/mol. The molecule has 2 rings (SSSR count). The molecule has 1 aliphatic heterocycles. The van der Waals surface area contributed by atoms with Crippen LogP contribution >= 0.6 is 0 Å². The largest absolute Gasteiger partial charge is 0.417 e. The number of benzene rings is 1. The van der Waals surface area contributed by atoms with Crippen molar-refractivity contribution in [3.63, 3.8) is 0 Å². The number of alkyl halides is 3. The second-order valence-electron chi connectivity index (χ2n) is 5.38. The fourth-order valence-electron chi connectivity index (χ4n) is 2.61. The summed E-state index contributed by atoms with van der Waals surface area (Å²) in [7, 11) is 0. The van der Waals surface area contributed by atoms with Crippen LogP contribution in [0.15, 0.2) is 18.2 Å². The molecule has 0 radical (unpaired) electrons. The van der Waals surface area contributed by atoms with Crippen LogP contribution in [-0.4, -0.2) is 30.1 Å². The molecule has 116 valence electrons. The highest BCUT2D eigenvalue weighted by molar-refractivity contribution is 5.97. The van der Waals surface area contributed by atoms with Crippen molar-refractivity contribution in [3.8, 4) is 0 Å². The van der Waals surface area contributed by atoms with Crippen molar-refractivity contribution < 1.29 is 18.3 Å². The van der Waals surface area contributed by atoms with Gasteiger partial charge in [0, 0.05) is 30.3 Å². The van der Waals surface area contributed by atoms with Gasteiger partial charge in [-0.1, -0.05) is 0 Å². The lowest BCUT2D eigenvalue weighted by Crippen LogP contribution is -2.25. The minimum Gasteiger partial charge on any atom is -0.393 e. The van der Waals surface area contributed by atoms with Gasteiger partial charge in [-0.25, -0.2) is 0 Å². The summed E-state index contributed by atoms with van der Waals surface area (Å²) in [6, 6.07) is 3.80. The number of hydrogen-bond acceptors (Lipinski definition) is 3. The molecule has 0 saturated carbocycles. The van der Waals surface area contributed by atoms with Crippen molar-refractivity contribution in [2.24, 2.45) is 11.7 Å². The van der Waals surface area contributed by atoms with Gasteiger partial charge in [0.15, 0.2) is 0 Å². The van der Waals surface area contributed by atoms with E-state index < -0.39 is 23.7 Å². The van der Waals surface area contributed by atoms with Crippen molar-refractivity contribution in [1.29, 1.82) is 5.41 Å². The summed E-state index contributed by atoms with van der Waals surface area (Å²) >= 11 is 0.